The minimum atomic E-state index is -3.63. The Balaban J connectivity index is 1.73. The monoisotopic (exact) mass is 386 g/mol. The Bertz CT molecular complexity index is 671. The number of hydrogen-bond acceptors (Lipinski definition) is 4. The van der Waals surface area contributed by atoms with Gasteiger partial charge >= 0.3 is 0 Å². The van der Waals surface area contributed by atoms with E-state index >= 15 is 0 Å². The summed E-state index contributed by atoms with van der Waals surface area (Å²) in [5.41, 5.74) is 0. The van der Waals surface area contributed by atoms with E-state index in [-0.39, 0.29) is 22.6 Å². The average Bonchev–Trinajstić information content (AvgIpc) is 2.64. The van der Waals surface area contributed by atoms with E-state index in [4.69, 9.17) is 4.74 Å². The lowest BCUT2D eigenvalue weighted by Gasteiger charge is -2.27. The quantitative estimate of drug-likeness (QED) is 0.636. The van der Waals surface area contributed by atoms with Crippen LogP contribution in [0.5, 0.6) is 0 Å². The maximum atomic E-state index is 12.9. The Labute approximate surface area is 154 Å². The molecule has 26 heavy (non-hydrogen) atoms. The summed E-state index contributed by atoms with van der Waals surface area (Å²) in [5, 5.41) is 2.92. The molecule has 2 rings (SSSR count). The lowest BCUT2D eigenvalue weighted by Crippen LogP contribution is -2.36. The number of carbonyl (C=O) groups is 1. The van der Waals surface area contributed by atoms with Gasteiger partial charge in [0.15, 0.2) is 0 Å². The van der Waals surface area contributed by atoms with Gasteiger partial charge in [-0.1, -0.05) is 0 Å². The van der Waals surface area contributed by atoms with Gasteiger partial charge in [-0.2, -0.15) is 0 Å². The van der Waals surface area contributed by atoms with Gasteiger partial charge in [0, 0.05) is 32.7 Å². The second-order valence-corrected chi connectivity index (χ2v) is 8.43. The number of carbonyl (C=O) groups excluding carboxylic acids is 1. The summed E-state index contributed by atoms with van der Waals surface area (Å²) < 4.78 is 44.9. The van der Waals surface area contributed by atoms with E-state index in [1.54, 1.807) is 7.11 Å². The van der Waals surface area contributed by atoms with Crippen molar-refractivity contribution in [3.05, 3.63) is 30.1 Å². The molecule has 0 atom stereocenters. The van der Waals surface area contributed by atoms with Gasteiger partial charge in [0.25, 0.3) is 0 Å². The van der Waals surface area contributed by atoms with Crippen molar-refractivity contribution in [2.24, 2.45) is 11.8 Å². The van der Waals surface area contributed by atoms with Crippen LogP contribution in [0.15, 0.2) is 29.2 Å². The Hall–Kier alpha value is -1.51. The van der Waals surface area contributed by atoms with Gasteiger partial charge in [-0.05, 0) is 62.3 Å². The Kier molecular flexibility index (Phi) is 7.99. The van der Waals surface area contributed by atoms with Gasteiger partial charge in [0.05, 0.1) is 4.90 Å². The van der Waals surface area contributed by atoms with Crippen molar-refractivity contribution in [2.45, 2.75) is 37.0 Å². The molecule has 1 aliphatic rings. The van der Waals surface area contributed by atoms with E-state index < -0.39 is 15.8 Å². The summed E-state index contributed by atoms with van der Waals surface area (Å²) in [5.74, 6) is -0.181. The largest absolute Gasteiger partial charge is 0.385 e. The topological polar surface area (TPSA) is 84.5 Å². The molecule has 1 fully saturated rings. The van der Waals surface area contributed by atoms with Crippen LogP contribution in [0, 0.1) is 17.7 Å². The molecule has 0 radical (unpaired) electrons. The van der Waals surface area contributed by atoms with Crippen molar-refractivity contribution >= 4 is 15.9 Å². The lowest BCUT2D eigenvalue weighted by atomic mass is 9.81. The zero-order valence-electron chi connectivity index (χ0n) is 15.0. The third-order valence-corrected chi connectivity index (χ3v) is 6.17. The predicted molar refractivity (Wildman–Crippen MR) is 96.5 cm³/mol. The summed E-state index contributed by atoms with van der Waals surface area (Å²) in [6.45, 7) is 1.58. The molecule has 1 aromatic carbocycles. The average molecular weight is 386 g/mol. The smallest absolute Gasteiger partial charge is 0.240 e. The number of amides is 1. The number of ether oxygens (including phenoxy) is 1. The van der Waals surface area contributed by atoms with Crippen molar-refractivity contribution in [3.8, 4) is 0 Å². The third-order valence-electron chi connectivity index (χ3n) is 4.73. The van der Waals surface area contributed by atoms with Crippen molar-refractivity contribution in [3.63, 3.8) is 0 Å². The molecule has 1 amide bonds. The second kappa shape index (κ2) is 9.99. The SMILES string of the molecule is COCCCNC(=O)C1CCC(CNS(=O)(=O)c2ccc(F)cc2)CC1. The molecule has 0 saturated heterocycles. The van der Waals surface area contributed by atoms with Crippen molar-refractivity contribution in [1.29, 1.82) is 0 Å². The molecule has 2 N–H and O–H groups in total. The molecule has 0 spiro atoms. The van der Waals surface area contributed by atoms with Gasteiger partial charge in [0.1, 0.15) is 5.82 Å². The Morgan fingerprint density at radius 1 is 1.19 bits per heavy atom. The molecule has 0 aromatic heterocycles. The van der Waals surface area contributed by atoms with E-state index in [9.17, 15) is 17.6 Å². The highest BCUT2D eigenvalue weighted by Gasteiger charge is 2.27. The zero-order valence-corrected chi connectivity index (χ0v) is 15.9. The summed E-state index contributed by atoms with van der Waals surface area (Å²) in [6, 6.07) is 4.76. The third kappa shape index (κ3) is 6.34. The minimum absolute atomic E-state index is 0.00232. The van der Waals surface area contributed by atoms with Crippen LogP contribution in [0.4, 0.5) is 4.39 Å². The maximum absolute atomic E-state index is 12.9. The predicted octanol–water partition coefficient (Wildman–Crippen LogP) is 2.06. The maximum Gasteiger partial charge on any atom is 0.240 e. The number of nitrogens with one attached hydrogen (secondary N) is 2. The Morgan fingerprint density at radius 3 is 2.46 bits per heavy atom. The summed E-state index contributed by atoms with van der Waals surface area (Å²) in [6.07, 6.45) is 3.94. The molecule has 6 nitrogen and oxygen atoms in total. The highest BCUT2D eigenvalue weighted by atomic mass is 32.2. The molecular weight excluding hydrogens is 359 g/mol. The first-order valence-corrected chi connectivity index (χ1v) is 10.4. The standard InChI is InChI=1S/C18H27FN2O4S/c1-25-12-2-11-20-18(22)15-5-3-14(4-6-15)13-21-26(23,24)17-9-7-16(19)8-10-17/h7-10,14-15,21H,2-6,11-13H2,1H3,(H,20,22). The minimum Gasteiger partial charge on any atom is -0.385 e. The van der Waals surface area contributed by atoms with Crippen LogP contribution in [-0.4, -0.2) is 41.1 Å². The number of hydrogen-bond donors (Lipinski definition) is 2. The molecule has 0 aliphatic heterocycles. The highest BCUT2D eigenvalue weighted by molar-refractivity contribution is 7.89. The van der Waals surface area contributed by atoms with E-state index in [1.807, 2.05) is 0 Å². The van der Waals surface area contributed by atoms with Crippen molar-refractivity contribution in [2.75, 3.05) is 26.8 Å². The van der Waals surface area contributed by atoms with E-state index in [0.717, 1.165) is 44.2 Å². The van der Waals surface area contributed by atoms with Gasteiger partial charge in [0.2, 0.25) is 15.9 Å². The van der Waals surface area contributed by atoms with E-state index in [0.29, 0.717) is 19.7 Å². The molecule has 8 heteroatoms. The Morgan fingerprint density at radius 2 is 1.85 bits per heavy atom. The van der Waals surface area contributed by atoms with Crippen LogP contribution in [0.1, 0.15) is 32.1 Å². The summed E-state index contributed by atoms with van der Waals surface area (Å²) in [4.78, 5) is 12.2. The van der Waals surface area contributed by atoms with Crippen LogP contribution >= 0.6 is 0 Å². The first-order valence-electron chi connectivity index (χ1n) is 8.94. The van der Waals surface area contributed by atoms with Crippen LogP contribution in [0.25, 0.3) is 0 Å². The number of benzene rings is 1. The van der Waals surface area contributed by atoms with Gasteiger partial charge < -0.3 is 10.1 Å². The molecule has 1 saturated carbocycles. The molecule has 0 bridgehead atoms. The van der Waals surface area contributed by atoms with Crippen LogP contribution in [-0.2, 0) is 19.6 Å². The molecule has 0 heterocycles. The van der Waals surface area contributed by atoms with Crippen molar-refractivity contribution in [1.82, 2.24) is 10.0 Å². The fraction of sp³-hybridized carbons (Fsp3) is 0.611. The molecule has 146 valence electrons. The van der Waals surface area contributed by atoms with Crippen LogP contribution in [0.2, 0.25) is 0 Å². The zero-order chi connectivity index (χ0) is 19.0. The second-order valence-electron chi connectivity index (χ2n) is 6.66. The molecule has 1 aromatic rings. The number of methoxy groups -OCH3 is 1. The fourth-order valence-electron chi connectivity index (χ4n) is 3.13. The fourth-order valence-corrected chi connectivity index (χ4v) is 4.24. The van der Waals surface area contributed by atoms with Crippen LogP contribution in [0.3, 0.4) is 0 Å². The van der Waals surface area contributed by atoms with Gasteiger partial charge in [-0.15, -0.1) is 0 Å². The van der Waals surface area contributed by atoms with Gasteiger partial charge in [-0.3, -0.25) is 4.79 Å². The number of sulfonamides is 1. The summed E-state index contributed by atoms with van der Waals surface area (Å²) >= 11 is 0. The first kappa shape index (κ1) is 20.8. The number of rotatable bonds is 9. The molecule has 0 unspecified atom stereocenters. The number of halogens is 1. The highest BCUT2D eigenvalue weighted by Crippen LogP contribution is 2.28. The van der Waals surface area contributed by atoms with E-state index in [1.165, 1.54) is 12.1 Å². The van der Waals surface area contributed by atoms with E-state index in [2.05, 4.69) is 10.0 Å². The normalized spacial score (nSPS) is 20.7. The molecule has 1 aliphatic carbocycles. The van der Waals surface area contributed by atoms with Crippen LogP contribution < -0.4 is 10.0 Å². The van der Waals surface area contributed by atoms with Gasteiger partial charge in [-0.25, -0.2) is 17.5 Å². The lowest BCUT2D eigenvalue weighted by molar-refractivity contribution is -0.126. The summed E-state index contributed by atoms with van der Waals surface area (Å²) in [7, 11) is -2.00. The first-order chi connectivity index (χ1) is 12.4. The van der Waals surface area contributed by atoms with Crippen molar-refractivity contribution < 1.29 is 22.3 Å². The molecular formula is C18H27FN2O4S.